The molecule has 1 aliphatic carbocycles. The van der Waals surface area contributed by atoms with E-state index in [2.05, 4.69) is 5.32 Å². The lowest BCUT2D eigenvalue weighted by atomic mass is 9.82. The molecule has 27 heavy (non-hydrogen) atoms. The lowest BCUT2D eigenvalue weighted by Crippen LogP contribution is -2.45. The van der Waals surface area contributed by atoms with Crippen molar-refractivity contribution >= 4 is 17.5 Å². The number of likely N-dealkylation sites (tertiary alicyclic amines) is 1. The number of anilines is 1. The van der Waals surface area contributed by atoms with Gasteiger partial charge in [0.15, 0.2) is 0 Å². The molecule has 4 nitrogen and oxygen atoms in total. The van der Waals surface area contributed by atoms with Crippen LogP contribution in [-0.4, -0.2) is 29.8 Å². The van der Waals surface area contributed by atoms with Gasteiger partial charge >= 0.3 is 6.18 Å². The predicted octanol–water partition coefficient (Wildman–Crippen LogP) is 4.24. The zero-order chi connectivity index (χ0) is 19.8. The Hall–Kier alpha value is -2.05. The summed E-state index contributed by atoms with van der Waals surface area (Å²) in [7, 11) is 0. The molecule has 0 aromatic heterocycles. The van der Waals surface area contributed by atoms with Crippen LogP contribution < -0.4 is 5.32 Å². The number of amides is 2. The fourth-order valence-electron chi connectivity index (χ4n) is 4.49. The molecular formula is C20H25F3N2O2. The second kappa shape index (κ2) is 7.52. The van der Waals surface area contributed by atoms with E-state index < -0.39 is 11.7 Å². The van der Waals surface area contributed by atoms with Crippen molar-refractivity contribution in [3.63, 3.8) is 0 Å². The Kier molecular flexibility index (Phi) is 5.49. The number of benzene rings is 1. The lowest BCUT2D eigenvalue weighted by Gasteiger charge is -2.37. The summed E-state index contributed by atoms with van der Waals surface area (Å²) in [5.74, 6) is 0.892. The van der Waals surface area contributed by atoms with Crippen molar-refractivity contribution in [1.82, 2.24) is 4.90 Å². The number of rotatable bonds is 4. The van der Waals surface area contributed by atoms with Crippen LogP contribution in [0.2, 0.25) is 0 Å². The van der Waals surface area contributed by atoms with Gasteiger partial charge in [0, 0.05) is 31.6 Å². The number of fused-ring (bicyclic) bond motifs is 2. The quantitative estimate of drug-likeness (QED) is 0.847. The highest BCUT2D eigenvalue weighted by atomic mass is 19.4. The highest BCUT2D eigenvalue weighted by Gasteiger charge is 2.43. The predicted molar refractivity (Wildman–Crippen MR) is 96.0 cm³/mol. The molecular weight excluding hydrogens is 357 g/mol. The van der Waals surface area contributed by atoms with Crippen LogP contribution in [-0.2, 0) is 15.8 Å². The van der Waals surface area contributed by atoms with Gasteiger partial charge in [-0.05, 0) is 61.3 Å². The summed E-state index contributed by atoms with van der Waals surface area (Å²) in [5.41, 5.74) is 0.0902. The van der Waals surface area contributed by atoms with Crippen LogP contribution in [0.1, 0.15) is 43.7 Å². The van der Waals surface area contributed by atoms with Gasteiger partial charge in [-0.2, -0.15) is 13.2 Å². The zero-order valence-corrected chi connectivity index (χ0v) is 15.6. The van der Waals surface area contributed by atoms with E-state index in [1.807, 2.05) is 11.8 Å². The minimum Gasteiger partial charge on any atom is -0.342 e. The Labute approximate surface area is 157 Å². The van der Waals surface area contributed by atoms with Gasteiger partial charge < -0.3 is 10.2 Å². The number of carbonyl (C=O) groups is 2. The summed E-state index contributed by atoms with van der Waals surface area (Å²) in [6, 6.07) is 3.35. The minimum atomic E-state index is -4.39. The number of halogens is 3. The van der Waals surface area contributed by atoms with Crippen LogP contribution in [0.3, 0.4) is 0 Å². The average Bonchev–Trinajstić information content (AvgIpc) is 2.83. The monoisotopic (exact) mass is 382 g/mol. The number of hydrogen-bond acceptors (Lipinski definition) is 2. The number of aryl methyl sites for hydroxylation is 1. The Bertz CT molecular complexity index is 718. The number of carbonyl (C=O) groups excluding carboxylic acids is 2. The minimum absolute atomic E-state index is 0.162. The van der Waals surface area contributed by atoms with E-state index in [1.54, 1.807) is 6.92 Å². The Morgan fingerprint density at radius 3 is 2.33 bits per heavy atom. The van der Waals surface area contributed by atoms with Crippen molar-refractivity contribution < 1.29 is 22.8 Å². The van der Waals surface area contributed by atoms with E-state index in [1.165, 1.54) is 6.07 Å². The second-order valence-corrected chi connectivity index (χ2v) is 7.69. The van der Waals surface area contributed by atoms with Gasteiger partial charge in [-0.25, -0.2) is 0 Å². The molecule has 1 aromatic carbocycles. The third-order valence-electron chi connectivity index (χ3n) is 5.93. The average molecular weight is 382 g/mol. The molecule has 0 spiro atoms. The summed E-state index contributed by atoms with van der Waals surface area (Å²) in [6.45, 7) is 4.83. The van der Waals surface area contributed by atoms with E-state index in [0.717, 1.165) is 25.0 Å². The molecule has 148 valence electrons. The number of hydrogen-bond donors (Lipinski definition) is 1. The van der Waals surface area contributed by atoms with Crippen molar-refractivity contribution in [3.8, 4) is 0 Å². The van der Waals surface area contributed by atoms with E-state index in [0.29, 0.717) is 49.0 Å². The molecule has 2 bridgehead atoms. The summed E-state index contributed by atoms with van der Waals surface area (Å²) in [5, 5.41) is 2.76. The van der Waals surface area contributed by atoms with Gasteiger partial charge in [0.2, 0.25) is 11.8 Å². The summed E-state index contributed by atoms with van der Waals surface area (Å²) >= 11 is 0. The molecule has 1 heterocycles. The van der Waals surface area contributed by atoms with Gasteiger partial charge in [-0.15, -0.1) is 0 Å². The van der Waals surface area contributed by atoms with E-state index >= 15 is 0 Å². The summed E-state index contributed by atoms with van der Waals surface area (Å²) in [6.07, 6.45) is -1.50. The Balaban J connectivity index is 1.61. The molecule has 0 radical (unpaired) electrons. The lowest BCUT2D eigenvalue weighted by molar-refractivity contribution is -0.137. The fraction of sp³-hybridized carbons (Fsp3) is 0.600. The maximum absolute atomic E-state index is 12.8. The number of alkyl halides is 3. The number of nitrogens with zero attached hydrogens (tertiary/aromatic N) is 1. The molecule has 2 aliphatic rings. The molecule has 1 aromatic rings. The van der Waals surface area contributed by atoms with Crippen LogP contribution in [0.25, 0.3) is 0 Å². The van der Waals surface area contributed by atoms with E-state index in [9.17, 15) is 22.8 Å². The standard InChI is InChI=1S/C20H25F3N2O2/c1-3-19(27)25-10-13-4-5-14(11-25)16(13)9-18(26)24-17-7-6-15(8-12(17)2)20(21,22)23/h6-8,13-14,16H,3-5,9-11H2,1-2H3,(H,24,26)/t13-,14-/m0/s1. The summed E-state index contributed by atoms with van der Waals surface area (Å²) in [4.78, 5) is 26.4. The highest BCUT2D eigenvalue weighted by Crippen LogP contribution is 2.44. The molecule has 0 unspecified atom stereocenters. The summed E-state index contributed by atoms with van der Waals surface area (Å²) < 4.78 is 38.3. The molecule has 1 aliphatic heterocycles. The van der Waals surface area contributed by atoms with Crippen molar-refractivity contribution in [2.75, 3.05) is 18.4 Å². The molecule has 1 N–H and O–H groups in total. The molecule has 2 atom stereocenters. The van der Waals surface area contributed by atoms with Crippen LogP contribution in [0.15, 0.2) is 18.2 Å². The first-order valence-corrected chi connectivity index (χ1v) is 9.44. The molecule has 7 heteroatoms. The van der Waals surface area contributed by atoms with Crippen LogP contribution >= 0.6 is 0 Å². The SMILES string of the molecule is CCC(=O)N1C[C@@H]2CC[C@@H](C1)C2CC(=O)Nc1ccc(C(F)(F)F)cc1C. The van der Waals surface area contributed by atoms with Gasteiger partial charge in [-0.1, -0.05) is 6.92 Å². The molecule has 2 fully saturated rings. The van der Waals surface area contributed by atoms with E-state index in [4.69, 9.17) is 0 Å². The van der Waals surface area contributed by atoms with Gasteiger partial charge in [0.25, 0.3) is 0 Å². The van der Waals surface area contributed by atoms with Crippen molar-refractivity contribution in [2.45, 2.75) is 45.7 Å². The first-order valence-electron chi connectivity index (χ1n) is 9.44. The van der Waals surface area contributed by atoms with Crippen LogP contribution in [0.5, 0.6) is 0 Å². The molecule has 1 saturated heterocycles. The van der Waals surface area contributed by atoms with Crippen molar-refractivity contribution in [3.05, 3.63) is 29.3 Å². The highest BCUT2D eigenvalue weighted by molar-refractivity contribution is 5.91. The third kappa shape index (κ3) is 4.28. The maximum Gasteiger partial charge on any atom is 0.416 e. The first kappa shape index (κ1) is 19.7. The molecule has 2 amide bonds. The largest absolute Gasteiger partial charge is 0.416 e. The van der Waals surface area contributed by atoms with Crippen LogP contribution in [0, 0.1) is 24.7 Å². The fourth-order valence-corrected chi connectivity index (χ4v) is 4.49. The van der Waals surface area contributed by atoms with Gasteiger partial charge in [-0.3, -0.25) is 9.59 Å². The third-order valence-corrected chi connectivity index (χ3v) is 5.93. The van der Waals surface area contributed by atoms with Gasteiger partial charge in [0.1, 0.15) is 0 Å². The Morgan fingerprint density at radius 1 is 1.19 bits per heavy atom. The Morgan fingerprint density at radius 2 is 1.81 bits per heavy atom. The topological polar surface area (TPSA) is 49.4 Å². The normalized spacial score (nSPS) is 24.8. The van der Waals surface area contributed by atoms with Gasteiger partial charge in [0.05, 0.1) is 5.56 Å². The van der Waals surface area contributed by atoms with Crippen molar-refractivity contribution in [1.29, 1.82) is 0 Å². The van der Waals surface area contributed by atoms with E-state index in [-0.39, 0.29) is 17.7 Å². The smallest absolute Gasteiger partial charge is 0.342 e. The first-order chi connectivity index (χ1) is 12.7. The second-order valence-electron chi connectivity index (χ2n) is 7.69. The zero-order valence-electron chi connectivity index (χ0n) is 15.6. The van der Waals surface area contributed by atoms with Crippen molar-refractivity contribution in [2.24, 2.45) is 17.8 Å². The maximum atomic E-state index is 12.8. The molecule has 1 saturated carbocycles. The number of piperidine rings is 1. The van der Waals surface area contributed by atoms with Crippen LogP contribution in [0.4, 0.5) is 18.9 Å². The molecule has 3 rings (SSSR count). The number of nitrogens with one attached hydrogen (secondary N) is 1.